The van der Waals surface area contributed by atoms with Crippen molar-refractivity contribution in [1.29, 1.82) is 0 Å². The summed E-state index contributed by atoms with van der Waals surface area (Å²) in [5.41, 5.74) is -0.0748. The molecule has 2 rings (SSSR count). The zero-order chi connectivity index (χ0) is 16.1. The molecule has 2 N–H and O–H groups in total. The van der Waals surface area contributed by atoms with Crippen LogP contribution in [0.2, 0.25) is 0 Å². The van der Waals surface area contributed by atoms with Gasteiger partial charge in [-0.3, -0.25) is 0 Å². The fraction of sp³-hybridized carbons (Fsp3) is 0.733. The number of furan rings is 1. The fourth-order valence-corrected chi connectivity index (χ4v) is 4.57. The van der Waals surface area contributed by atoms with E-state index in [4.69, 9.17) is 4.42 Å². The Balaban J connectivity index is 2.19. The van der Waals surface area contributed by atoms with Gasteiger partial charge in [0.2, 0.25) is 10.0 Å². The lowest BCUT2D eigenvalue weighted by Gasteiger charge is -2.07. The molecule has 1 aliphatic carbocycles. The van der Waals surface area contributed by atoms with Gasteiger partial charge in [-0.05, 0) is 24.3 Å². The summed E-state index contributed by atoms with van der Waals surface area (Å²) in [5, 5.41) is 3.13. The van der Waals surface area contributed by atoms with Gasteiger partial charge in [0.05, 0.1) is 6.54 Å². The Hall–Kier alpha value is -0.850. The molecule has 1 heterocycles. The average Bonchev–Trinajstić information content (AvgIpc) is 2.67. The first kappa shape index (κ1) is 16.5. The van der Waals surface area contributed by atoms with Crippen molar-refractivity contribution in [2.45, 2.75) is 59.0 Å². The largest absolute Gasteiger partial charge is 0.464 e. The summed E-state index contributed by atoms with van der Waals surface area (Å²) in [6.07, 6.45) is 0. The molecular formula is C15H26N2O3S. The average molecular weight is 314 g/mol. The summed E-state index contributed by atoms with van der Waals surface area (Å²) in [4.78, 5) is 0.244. The summed E-state index contributed by atoms with van der Waals surface area (Å²) in [6, 6.07) is 1.56. The van der Waals surface area contributed by atoms with E-state index in [2.05, 4.69) is 37.7 Å². The third-order valence-electron chi connectivity index (χ3n) is 5.06. The van der Waals surface area contributed by atoms with E-state index in [1.807, 2.05) is 6.92 Å². The minimum Gasteiger partial charge on any atom is -0.464 e. The highest BCUT2D eigenvalue weighted by molar-refractivity contribution is 7.89. The zero-order valence-electron chi connectivity index (χ0n) is 13.7. The van der Waals surface area contributed by atoms with Crippen molar-refractivity contribution in [3.8, 4) is 0 Å². The number of hydrogen-bond donors (Lipinski definition) is 2. The number of hydrogen-bond acceptors (Lipinski definition) is 4. The van der Waals surface area contributed by atoms with Crippen LogP contribution in [0.1, 0.15) is 46.1 Å². The first-order valence-corrected chi connectivity index (χ1v) is 8.84. The van der Waals surface area contributed by atoms with Gasteiger partial charge in [-0.15, -0.1) is 0 Å². The van der Waals surface area contributed by atoms with Crippen molar-refractivity contribution in [2.24, 2.45) is 10.8 Å². The van der Waals surface area contributed by atoms with Crippen LogP contribution < -0.4 is 10.0 Å². The fourth-order valence-electron chi connectivity index (χ4n) is 2.84. The molecule has 0 spiro atoms. The summed E-state index contributed by atoms with van der Waals surface area (Å²) in [7, 11) is -3.55. The number of sulfonamides is 1. The third-order valence-corrected chi connectivity index (χ3v) is 6.59. The standard InChI is InChI=1S/C15H26N2O3S/c1-7-16-9-11-8-12(10(2)20-11)21(18,19)17-13-14(3,4)15(13,5)6/h8,13,16-17H,7,9H2,1-6H3. The van der Waals surface area contributed by atoms with E-state index < -0.39 is 10.0 Å². The second-order valence-electron chi connectivity index (χ2n) is 6.91. The van der Waals surface area contributed by atoms with Gasteiger partial charge in [-0.1, -0.05) is 34.6 Å². The second-order valence-corrected chi connectivity index (χ2v) is 8.59. The van der Waals surface area contributed by atoms with Crippen LogP contribution in [0, 0.1) is 17.8 Å². The van der Waals surface area contributed by atoms with Gasteiger partial charge in [0.15, 0.2) is 0 Å². The van der Waals surface area contributed by atoms with Crippen molar-refractivity contribution < 1.29 is 12.8 Å². The Morgan fingerprint density at radius 2 is 1.81 bits per heavy atom. The normalized spacial score (nSPS) is 20.7. The Bertz CT molecular complexity index is 615. The Morgan fingerprint density at radius 3 is 2.29 bits per heavy atom. The van der Waals surface area contributed by atoms with Gasteiger partial charge < -0.3 is 9.73 Å². The number of rotatable bonds is 6. The van der Waals surface area contributed by atoms with Crippen LogP contribution >= 0.6 is 0 Å². The van der Waals surface area contributed by atoms with Crippen LogP contribution in [0.15, 0.2) is 15.4 Å². The first-order valence-electron chi connectivity index (χ1n) is 7.36. The van der Waals surface area contributed by atoms with Gasteiger partial charge >= 0.3 is 0 Å². The van der Waals surface area contributed by atoms with Gasteiger partial charge in [0, 0.05) is 12.1 Å². The van der Waals surface area contributed by atoms with Crippen LogP contribution in [-0.2, 0) is 16.6 Å². The summed E-state index contributed by atoms with van der Waals surface area (Å²) in [5.74, 6) is 1.08. The first-order chi connectivity index (χ1) is 9.54. The molecule has 0 aliphatic heterocycles. The summed E-state index contributed by atoms with van der Waals surface area (Å²) >= 11 is 0. The van der Waals surface area contributed by atoms with Crippen LogP contribution in [-0.4, -0.2) is 21.0 Å². The molecule has 0 bridgehead atoms. The molecular weight excluding hydrogens is 288 g/mol. The molecule has 5 nitrogen and oxygen atoms in total. The molecule has 21 heavy (non-hydrogen) atoms. The van der Waals surface area contributed by atoms with Crippen molar-refractivity contribution in [3.05, 3.63) is 17.6 Å². The van der Waals surface area contributed by atoms with Crippen LogP contribution in [0.5, 0.6) is 0 Å². The van der Waals surface area contributed by atoms with E-state index in [0.29, 0.717) is 18.1 Å². The predicted molar refractivity (Wildman–Crippen MR) is 82.5 cm³/mol. The van der Waals surface area contributed by atoms with E-state index in [0.717, 1.165) is 6.54 Å². The maximum Gasteiger partial charge on any atom is 0.244 e. The second kappa shape index (κ2) is 5.11. The molecule has 0 atom stereocenters. The van der Waals surface area contributed by atoms with Crippen LogP contribution in [0.4, 0.5) is 0 Å². The number of aryl methyl sites for hydroxylation is 1. The van der Waals surface area contributed by atoms with Crippen molar-refractivity contribution in [2.75, 3.05) is 6.54 Å². The lowest BCUT2D eigenvalue weighted by molar-refractivity contribution is 0.457. The molecule has 0 unspecified atom stereocenters. The zero-order valence-corrected chi connectivity index (χ0v) is 14.5. The van der Waals surface area contributed by atoms with Gasteiger partial charge in [0.1, 0.15) is 16.4 Å². The minimum absolute atomic E-state index is 0.0374. The van der Waals surface area contributed by atoms with E-state index in [1.165, 1.54) is 0 Å². The highest BCUT2D eigenvalue weighted by Crippen LogP contribution is 2.63. The Kier molecular flexibility index (Phi) is 4.02. The molecule has 0 radical (unpaired) electrons. The third kappa shape index (κ3) is 2.76. The molecule has 1 aromatic rings. The Morgan fingerprint density at radius 1 is 1.24 bits per heavy atom. The van der Waals surface area contributed by atoms with Gasteiger partial charge in [-0.2, -0.15) is 0 Å². The maximum absolute atomic E-state index is 12.6. The van der Waals surface area contributed by atoms with Gasteiger partial charge in [0.25, 0.3) is 0 Å². The molecule has 1 saturated carbocycles. The van der Waals surface area contributed by atoms with E-state index in [1.54, 1.807) is 13.0 Å². The molecule has 6 heteroatoms. The molecule has 120 valence electrons. The number of nitrogens with one attached hydrogen (secondary N) is 2. The van der Waals surface area contributed by atoms with E-state index >= 15 is 0 Å². The van der Waals surface area contributed by atoms with Crippen molar-refractivity contribution in [3.63, 3.8) is 0 Å². The summed E-state index contributed by atoms with van der Waals surface area (Å²) in [6.45, 7) is 13.4. The summed E-state index contributed by atoms with van der Waals surface area (Å²) < 4.78 is 33.5. The quantitative estimate of drug-likeness (QED) is 0.846. The maximum atomic E-state index is 12.6. The SMILES string of the molecule is CCNCc1cc(S(=O)(=O)NC2C(C)(C)C2(C)C)c(C)o1. The van der Waals surface area contributed by atoms with Gasteiger partial charge in [-0.25, -0.2) is 13.1 Å². The Labute approximate surface area is 127 Å². The molecule has 1 fully saturated rings. The van der Waals surface area contributed by atoms with Crippen LogP contribution in [0.3, 0.4) is 0 Å². The molecule has 1 aromatic heterocycles. The molecule has 0 saturated heterocycles. The lowest BCUT2D eigenvalue weighted by Crippen LogP contribution is -2.30. The highest BCUT2D eigenvalue weighted by Gasteiger charge is 2.66. The minimum atomic E-state index is -3.55. The monoisotopic (exact) mass is 314 g/mol. The predicted octanol–water partition coefficient (Wildman–Crippen LogP) is 2.41. The molecule has 0 aromatic carbocycles. The van der Waals surface area contributed by atoms with Crippen molar-refractivity contribution in [1.82, 2.24) is 10.0 Å². The highest BCUT2D eigenvalue weighted by atomic mass is 32.2. The lowest BCUT2D eigenvalue weighted by atomic mass is 10.0. The van der Waals surface area contributed by atoms with E-state index in [9.17, 15) is 8.42 Å². The smallest absolute Gasteiger partial charge is 0.244 e. The molecule has 0 amide bonds. The molecule has 1 aliphatic rings. The van der Waals surface area contributed by atoms with Crippen LogP contribution in [0.25, 0.3) is 0 Å². The van der Waals surface area contributed by atoms with Crippen molar-refractivity contribution >= 4 is 10.0 Å². The van der Waals surface area contributed by atoms with E-state index in [-0.39, 0.29) is 21.8 Å². The topological polar surface area (TPSA) is 71.3 Å².